The lowest BCUT2D eigenvalue weighted by Gasteiger charge is -2.12. The van der Waals surface area contributed by atoms with E-state index in [4.69, 9.17) is 11.6 Å². The molecule has 128 valence electrons. The van der Waals surface area contributed by atoms with Gasteiger partial charge in [-0.2, -0.15) is 13.2 Å². The van der Waals surface area contributed by atoms with Crippen molar-refractivity contribution >= 4 is 44.8 Å². The lowest BCUT2D eigenvalue weighted by atomic mass is 10.2. The van der Waals surface area contributed by atoms with Gasteiger partial charge in [-0.25, -0.2) is 8.42 Å². The monoisotopic (exact) mass is 387 g/mol. The van der Waals surface area contributed by atoms with Crippen molar-refractivity contribution in [3.63, 3.8) is 0 Å². The molecule has 1 aromatic rings. The summed E-state index contributed by atoms with van der Waals surface area (Å²) in [7, 11) is -3.02. The second-order valence-electron chi connectivity index (χ2n) is 5.08. The molecule has 0 bridgehead atoms. The number of alkyl halides is 3. The average molecular weight is 388 g/mol. The Morgan fingerprint density at radius 1 is 1.39 bits per heavy atom. The van der Waals surface area contributed by atoms with Gasteiger partial charge in [0.05, 0.1) is 27.8 Å². The lowest BCUT2D eigenvalue weighted by molar-refractivity contribution is -0.137. The molecule has 0 aliphatic carbocycles. The van der Waals surface area contributed by atoms with E-state index in [0.29, 0.717) is 6.42 Å². The molecule has 0 aromatic heterocycles. The predicted octanol–water partition coefficient (Wildman–Crippen LogP) is 3.22. The average Bonchev–Trinajstić information content (AvgIpc) is 2.77. The molecular weight excluding hydrogens is 375 g/mol. The molecule has 1 atom stereocenters. The zero-order valence-electron chi connectivity index (χ0n) is 11.7. The van der Waals surface area contributed by atoms with Gasteiger partial charge in [-0.3, -0.25) is 4.79 Å². The third kappa shape index (κ3) is 5.29. The van der Waals surface area contributed by atoms with Crippen LogP contribution in [-0.2, 0) is 20.8 Å². The number of anilines is 1. The summed E-state index contributed by atoms with van der Waals surface area (Å²) in [6.45, 7) is 0. The number of hydrogen-bond donors (Lipinski definition) is 1. The number of carbonyl (C=O) groups excluding carboxylic acids is 1. The molecule has 1 saturated heterocycles. The number of rotatable bonds is 4. The van der Waals surface area contributed by atoms with E-state index in [1.807, 2.05) is 0 Å². The molecule has 1 aliphatic heterocycles. The standard InChI is InChI=1S/C13H13ClF3NO3S2/c14-11-2-1-8(5-10(11)13(15,16)17)18-12(19)6-22-9-3-4-23(20,21)7-9/h1-2,5,9H,3-4,6-7H2,(H,18,19). The number of sulfone groups is 1. The smallest absolute Gasteiger partial charge is 0.325 e. The highest BCUT2D eigenvalue weighted by atomic mass is 35.5. The zero-order valence-corrected chi connectivity index (χ0v) is 14.1. The van der Waals surface area contributed by atoms with Gasteiger partial charge in [0.15, 0.2) is 9.84 Å². The van der Waals surface area contributed by atoms with Gasteiger partial charge in [0.1, 0.15) is 0 Å². The summed E-state index contributed by atoms with van der Waals surface area (Å²) in [4.78, 5) is 11.8. The molecule has 1 aliphatic rings. The number of benzene rings is 1. The van der Waals surface area contributed by atoms with Crippen LogP contribution in [0.25, 0.3) is 0 Å². The van der Waals surface area contributed by atoms with Crippen LogP contribution in [0.3, 0.4) is 0 Å². The fourth-order valence-electron chi connectivity index (χ4n) is 2.10. The maximum atomic E-state index is 12.7. The molecule has 1 fully saturated rings. The van der Waals surface area contributed by atoms with E-state index in [1.54, 1.807) is 0 Å². The SMILES string of the molecule is O=C(CSC1CCS(=O)(=O)C1)Nc1ccc(Cl)c(C(F)(F)F)c1. The number of halogens is 4. The number of thioether (sulfide) groups is 1. The van der Waals surface area contributed by atoms with Crippen LogP contribution in [0.15, 0.2) is 18.2 Å². The second-order valence-corrected chi connectivity index (χ2v) is 9.00. The largest absolute Gasteiger partial charge is 0.417 e. The molecule has 1 amide bonds. The third-order valence-electron chi connectivity index (χ3n) is 3.20. The van der Waals surface area contributed by atoms with Gasteiger partial charge in [-0.05, 0) is 24.6 Å². The van der Waals surface area contributed by atoms with Crippen LogP contribution in [-0.4, -0.2) is 36.8 Å². The molecule has 0 saturated carbocycles. The fraction of sp³-hybridized carbons (Fsp3) is 0.462. The van der Waals surface area contributed by atoms with Crippen LogP contribution in [0.1, 0.15) is 12.0 Å². The molecule has 1 unspecified atom stereocenters. The second kappa shape index (κ2) is 6.90. The van der Waals surface area contributed by atoms with Crippen LogP contribution in [0, 0.1) is 0 Å². The lowest BCUT2D eigenvalue weighted by Crippen LogP contribution is -2.17. The molecule has 0 spiro atoms. The normalized spacial score (nSPS) is 20.4. The number of hydrogen-bond acceptors (Lipinski definition) is 4. The van der Waals surface area contributed by atoms with E-state index in [1.165, 1.54) is 17.8 Å². The van der Waals surface area contributed by atoms with Gasteiger partial charge < -0.3 is 5.32 Å². The summed E-state index contributed by atoms with van der Waals surface area (Å²) >= 11 is 6.68. The summed E-state index contributed by atoms with van der Waals surface area (Å²) in [6.07, 6.45) is -4.12. The zero-order chi connectivity index (χ0) is 17.3. The van der Waals surface area contributed by atoms with Crippen LogP contribution in [0.2, 0.25) is 5.02 Å². The van der Waals surface area contributed by atoms with Crippen molar-refractivity contribution < 1.29 is 26.4 Å². The summed E-state index contributed by atoms with van der Waals surface area (Å²) in [5.74, 6) is -0.373. The topological polar surface area (TPSA) is 63.2 Å². The summed E-state index contributed by atoms with van der Waals surface area (Å²) in [6, 6.07) is 3.11. The van der Waals surface area contributed by atoms with E-state index in [9.17, 15) is 26.4 Å². The molecule has 4 nitrogen and oxygen atoms in total. The van der Waals surface area contributed by atoms with Crippen molar-refractivity contribution in [2.75, 3.05) is 22.6 Å². The molecule has 23 heavy (non-hydrogen) atoms. The quantitative estimate of drug-likeness (QED) is 0.861. The summed E-state index contributed by atoms with van der Waals surface area (Å²) < 4.78 is 60.8. The predicted molar refractivity (Wildman–Crippen MR) is 84.6 cm³/mol. The van der Waals surface area contributed by atoms with Crippen molar-refractivity contribution in [1.82, 2.24) is 0 Å². The Hall–Kier alpha value is -0.930. The third-order valence-corrected chi connectivity index (χ3v) is 6.81. The molecule has 10 heteroatoms. The van der Waals surface area contributed by atoms with E-state index in [0.717, 1.165) is 12.1 Å². The van der Waals surface area contributed by atoms with E-state index >= 15 is 0 Å². The van der Waals surface area contributed by atoms with E-state index < -0.39 is 32.5 Å². The first-order valence-corrected chi connectivity index (χ1v) is 9.80. The number of amides is 1. The molecule has 1 aromatic carbocycles. The highest BCUT2D eigenvalue weighted by Gasteiger charge is 2.33. The molecule has 1 N–H and O–H groups in total. The van der Waals surface area contributed by atoms with Crippen LogP contribution < -0.4 is 5.32 Å². The van der Waals surface area contributed by atoms with Crippen molar-refractivity contribution in [3.8, 4) is 0 Å². The fourth-order valence-corrected chi connectivity index (χ4v) is 5.77. The first-order chi connectivity index (χ1) is 10.6. The van der Waals surface area contributed by atoms with Gasteiger partial charge in [0.2, 0.25) is 5.91 Å². The number of carbonyl (C=O) groups is 1. The van der Waals surface area contributed by atoms with Gasteiger partial charge in [-0.15, -0.1) is 11.8 Å². The van der Waals surface area contributed by atoms with Crippen LogP contribution in [0.5, 0.6) is 0 Å². The van der Waals surface area contributed by atoms with Crippen molar-refractivity contribution in [2.24, 2.45) is 0 Å². The highest BCUT2D eigenvalue weighted by molar-refractivity contribution is 8.02. The Morgan fingerprint density at radius 2 is 2.09 bits per heavy atom. The van der Waals surface area contributed by atoms with Gasteiger partial charge in [-0.1, -0.05) is 11.6 Å². The minimum absolute atomic E-state index is 0.00799. The maximum Gasteiger partial charge on any atom is 0.417 e. The van der Waals surface area contributed by atoms with Gasteiger partial charge in [0.25, 0.3) is 0 Å². The van der Waals surface area contributed by atoms with Crippen molar-refractivity contribution in [3.05, 3.63) is 28.8 Å². The minimum atomic E-state index is -4.61. The number of nitrogens with one attached hydrogen (secondary N) is 1. The first kappa shape index (κ1) is 18.4. The van der Waals surface area contributed by atoms with Crippen molar-refractivity contribution in [1.29, 1.82) is 0 Å². The Bertz CT molecular complexity index is 707. The highest BCUT2D eigenvalue weighted by Crippen LogP contribution is 2.36. The Balaban J connectivity index is 1.93. The van der Waals surface area contributed by atoms with E-state index in [2.05, 4.69) is 5.32 Å². The molecule has 1 heterocycles. The minimum Gasteiger partial charge on any atom is -0.325 e. The van der Waals surface area contributed by atoms with Crippen molar-refractivity contribution in [2.45, 2.75) is 17.8 Å². The van der Waals surface area contributed by atoms with E-state index in [-0.39, 0.29) is 28.2 Å². The van der Waals surface area contributed by atoms with Gasteiger partial charge in [0, 0.05) is 10.9 Å². The molecule has 2 rings (SSSR count). The summed E-state index contributed by atoms with van der Waals surface area (Å²) in [5.41, 5.74) is -1.03. The first-order valence-electron chi connectivity index (χ1n) is 6.55. The summed E-state index contributed by atoms with van der Waals surface area (Å²) in [5, 5.41) is 1.76. The van der Waals surface area contributed by atoms with Crippen LogP contribution in [0.4, 0.5) is 18.9 Å². The Labute approximate surface area is 140 Å². The maximum absolute atomic E-state index is 12.7. The molecular formula is C13H13ClF3NO3S2. The van der Waals surface area contributed by atoms with Gasteiger partial charge >= 0.3 is 6.18 Å². The Morgan fingerprint density at radius 3 is 2.65 bits per heavy atom. The Kier molecular flexibility index (Phi) is 5.52. The van der Waals surface area contributed by atoms with Crippen LogP contribution >= 0.6 is 23.4 Å². The molecule has 0 radical (unpaired) electrons.